The Balaban J connectivity index is 1.67. The molecule has 6 heteroatoms. The standard InChI is InChI=1S/C19H26N4O2/c1-3-16(13-24)22-9-11-23(12-10-22)19(25)21-17-6-4-5-15-8-7-14(2)20-18(15)17/h4-8,16,24H,3,9-13H2,1-2H3,(H,21,25). The van der Waals surface area contributed by atoms with Crippen molar-refractivity contribution in [2.75, 3.05) is 38.1 Å². The minimum Gasteiger partial charge on any atom is -0.395 e. The third kappa shape index (κ3) is 3.91. The number of rotatable bonds is 4. The Morgan fingerprint density at radius 3 is 2.68 bits per heavy atom. The van der Waals surface area contributed by atoms with Crippen LogP contribution in [0.25, 0.3) is 10.9 Å². The number of pyridine rings is 1. The molecule has 1 aromatic carbocycles. The molecule has 1 atom stereocenters. The molecule has 134 valence electrons. The first-order valence-electron chi connectivity index (χ1n) is 8.89. The van der Waals surface area contributed by atoms with Crippen molar-refractivity contribution in [3.8, 4) is 0 Å². The summed E-state index contributed by atoms with van der Waals surface area (Å²) in [7, 11) is 0. The predicted octanol–water partition coefficient (Wildman–Crippen LogP) is 2.46. The first-order chi connectivity index (χ1) is 12.1. The summed E-state index contributed by atoms with van der Waals surface area (Å²) >= 11 is 0. The molecule has 0 aliphatic carbocycles. The zero-order valence-corrected chi connectivity index (χ0v) is 14.9. The topological polar surface area (TPSA) is 68.7 Å². The number of amides is 2. The Morgan fingerprint density at radius 2 is 2.00 bits per heavy atom. The van der Waals surface area contributed by atoms with Crippen LogP contribution in [0.1, 0.15) is 19.0 Å². The molecule has 1 aliphatic rings. The van der Waals surface area contributed by atoms with Gasteiger partial charge in [0.25, 0.3) is 0 Å². The molecular formula is C19H26N4O2. The zero-order chi connectivity index (χ0) is 17.8. The molecule has 0 saturated carbocycles. The largest absolute Gasteiger partial charge is 0.395 e. The molecule has 1 saturated heterocycles. The van der Waals surface area contributed by atoms with E-state index in [2.05, 4.69) is 22.1 Å². The van der Waals surface area contributed by atoms with E-state index < -0.39 is 0 Å². The van der Waals surface area contributed by atoms with Gasteiger partial charge in [0.1, 0.15) is 0 Å². The molecule has 6 nitrogen and oxygen atoms in total. The number of anilines is 1. The summed E-state index contributed by atoms with van der Waals surface area (Å²) in [5.74, 6) is 0. The Hall–Kier alpha value is -2.18. The highest BCUT2D eigenvalue weighted by atomic mass is 16.3. The monoisotopic (exact) mass is 342 g/mol. The molecule has 0 radical (unpaired) electrons. The Kier molecular flexibility index (Phi) is 5.50. The van der Waals surface area contributed by atoms with E-state index in [1.54, 1.807) is 0 Å². The van der Waals surface area contributed by atoms with Crippen LogP contribution in [0, 0.1) is 6.92 Å². The number of nitrogens with zero attached hydrogens (tertiary/aromatic N) is 3. The molecule has 2 aromatic rings. The van der Waals surface area contributed by atoms with Crippen molar-refractivity contribution in [3.63, 3.8) is 0 Å². The van der Waals surface area contributed by atoms with E-state index in [0.717, 1.165) is 41.8 Å². The van der Waals surface area contributed by atoms with E-state index in [1.165, 1.54) is 0 Å². The summed E-state index contributed by atoms with van der Waals surface area (Å²) in [6.45, 7) is 7.11. The second kappa shape index (κ2) is 7.80. The number of aliphatic hydroxyl groups excluding tert-OH is 1. The number of benzene rings is 1. The van der Waals surface area contributed by atoms with Gasteiger partial charge in [-0.25, -0.2) is 4.79 Å². The van der Waals surface area contributed by atoms with Crippen molar-refractivity contribution in [2.45, 2.75) is 26.3 Å². The lowest BCUT2D eigenvalue weighted by Crippen LogP contribution is -2.53. The van der Waals surface area contributed by atoms with E-state index in [1.807, 2.05) is 42.2 Å². The zero-order valence-electron chi connectivity index (χ0n) is 14.9. The van der Waals surface area contributed by atoms with Gasteiger partial charge in [0, 0.05) is 43.3 Å². The average molecular weight is 342 g/mol. The Morgan fingerprint density at radius 1 is 1.24 bits per heavy atom. The summed E-state index contributed by atoms with van der Waals surface area (Å²) in [6, 6.07) is 9.91. The highest BCUT2D eigenvalue weighted by Crippen LogP contribution is 2.22. The van der Waals surface area contributed by atoms with Gasteiger partial charge in [0.05, 0.1) is 17.8 Å². The third-order valence-electron chi connectivity index (χ3n) is 4.90. The van der Waals surface area contributed by atoms with E-state index >= 15 is 0 Å². The molecule has 3 rings (SSSR count). The molecule has 2 N–H and O–H groups in total. The lowest BCUT2D eigenvalue weighted by atomic mass is 10.1. The van der Waals surface area contributed by atoms with Crippen LogP contribution in [-0.2, 0) is 0 Å². The van der Waals surface area contributed by atoms with Gasteiger partial charge in [-0.1, -0.05) is 25.1 Å². The lowest BCUT2D eigenvalue weighted by molar-refractivity contribution is 0.0766. The number of aryl methyl sites for hydroxylation is 1. The van der Waals surface area contributed by atoms with Crippen LogP contribution in [-0.4, -0.2) is 64.7 Å². The number of hydrogen-bond donors (Lipinski definition) is 2. The van der Waals surface area contributed by atoms with Crippen molar-refractivity contribution >= 4 is 22.6 Å². The van der Waals surface area contributed by atoms with Crippen LogP contribution in [0.4, 0.5) is 10.5 Å². The van der Waals surface area contributed by atoms with Crippen molar-refractivity contribution in [2.24, 2.45) is 0 Å². The number of hydrogen-bond acceptors (Lipinski definition) is 4. The van der Waals surface area contributed by atoms with Gasteiger partial charge in [-0.2, -0.15) is 0 Å². The van der Waals surface area contributed by atoms with Gasteiger partial charge >= 0.3 is 6.03 Å². The summed E-state index contributed by atoms with van der Waals surface area (Å²) in [6.07, 6.45) is 0.920. The molecule has 1 unspecified atom stereocenters. The number of carbonyl (C=O) groups is 1. The fourth-order valence-corrected chi connectivity index (χ4v) is 3.33. The fourth-order valence-electron chi connectivity index (χ4n) is 3.33. The molecule has 1 aliphatic heterocycles. The van der Waals surface area contributed by atoms with Gasteiger partial charge in [0.15, 0.2) is 0 Å². The second-order valence-corrected chi connectivity index (χ2v) is 6.53. The van der Waals surface area contributed by atoms with E-state index in [4.69, 9.17) is 0 Å². The Bertz CT molecular complexity index is 737. The van der Waals surface area contributed by atoms with Crippen LogP contribution < -0.4 is 5.32 Å². The summed E-state index contributed by atoms with van der Waals surface area (Å²) in [5, 5.41) is 13.5. The van der Waals surface area contributed by atoms with Gasteiger partial charge in [-0.05, 0) is 25.5 Å². The first-order valence-corrected chi connectivity index (χ1v) is 8.89. The molecular weight excluding hydrogens is 316 g/mol. The van der Waals surface area contributed by atoms with Gasteiger partial charge in [-0.3, -0.25) is 9.88 Å². The van der Waals surface area contributed by atoms with Crippen molar-refractivity contribution < 1.29 is 9.90 Å². The van der Waals surface area contributed by atoms with Crippen LogP contribution in [0.15, 0.2) is 30.3 Å². The average Bonchev–Trinajstić information content (AvgIpc) is 2.64. The van der Waals surface area contributed by atoms with Crippen LogP contribution in [0.3, 0.4) is 0 Å². The molecule has 2 heterocycles. The number of para-hydroxylation sites is 1. The maximum Gasteiger partial charge on any atom is 0.321 e. The fraction of sp³-hybridized carbons (Fsp3) is 0.474. The highest BCUT2D eigenvalue weighted by Gasteiger charge is 2.25. The number of nitrogens with one attached hydrogen (secondary N) is 1. The second-order valence-electron chi connectivity index (χ2n) is 6.53. The quantitative estimate of drug-likeness (QED) is 0.896. The van der Waals surface area contributed by atoms with Crippen molar-refractivity contribution in [3.05, 3.63) is 36.0 Å². The first kappa shape index (κ1) is 17.6. The van der Waals surface area contributed by atoms with E-state index in [9.17, 15) is 9.90 Å². The third-order valence-corrected chi connectivity index (χ3v) is 4.90. The number of aromatic nitrogens is 1. The van der Waals surface area contributed by atoms with Crippen LogP contribution >= 0.6 is 0 Å². The SMILES string of the molecule is CCC(CO)N1CCN(C(=O)Nc2cccc3ccc(C)nc23)CC1. The number of urea groups is 1. The van der Waals surface area contributed by atoms with Gasteiger partial charge < -0.3 is 15.3 Å². The molecule has 2 amide bonds. The maximum absolute atomic E-state index is 12.6. The van der Waals surface area contributed by atoms with Gasteiger partial charge in [0.2, 0.25) is 0 Å². The van der Waals surface area contributed by atoms with E-state index in [0.29, 0.717) is 13.1 Å². The smallest absolute Gasteiger partial charge is 0.321 e. The number of piperazine rings is 1. The summed E-state index contributed by atoms with van der Waals surface area (Å²) in [4.78, 5) is 21.3. The Labute approximate surface area is 148 Å². The van der Waals surface area contributed by atoms with Crippen LogP contribution in [0.5, 0.6) is 0 Å². The van der Waals surface area contributed by atoms with Crippen molar-refractivity contribution in [1.82, 2.24) is 14.8 Å². The van der Waals surface area contributed by atoms with Crippen LogP contribution in [0.2, 0.25) is 0 Å². The minimum atomic E-state index is -0.0903. The molecule has 0 spiro atoms. The predicted molar refractivity (Wildman–Crippen MR) is 99.8 cm³/mol. The van der Waals surface area contributed by atoms with E-state index in [-0.39, 0.29) is 18.7 Å². The summed E-state index contributed by atoms with van der Waals surface area (Å²) in [5.41, 5.74) is 2.49. The normalized spacial score (nSPS) is 16.8. The summed E-state index contributed by atoms with van der Waals surface area (Å²) < 4.78 is 0. The minimum absolute atomic E-state index is 0.0903. The number of fused-ring (bicyclic) bond motifs is 1. The highest BCUT2D eigenvalue weighted by molar-refractivity contribution is 5.99. The number of carbonyl (C=O) groups excluding carboxylic acids is 1. The van der Waals surface area contributed by atoms with Crippen molar-refractivity contribution in [1.29, 1.82) is 0 Å². The van der Waals surface area contributed by atoms with Gasteiger partial charge in [-0.15, -0.1) is 0 Å². The molecule has 0 bridgehead atoms. The number of aliphatic hydroxyl groups is 1. The lowest BCUT2D eigenvalue weighted by Gasteiger charge is -2.38. The molecule has 1 fully saturated rings. The molecule has 25 heavy (non-hydrogen) atoms. The maximum atomic E-state index is 12.6. The molecule has 1 aromatic heterocycles.